The quantitative estimate of drug-likeness (QED) is 0.384. The van der Waals surface area contributed by atoms with Crippen LogP contribution in [-0.4, -0.2) is 22.0 Å². The molecular weight excluding hydrogens is 363 g/mol. The number of nitrogens with zero attached hydrogens (tertiary/aromatic N) is 3. The first-order valence-corrected chi connectivity index (χ1v) is 6.26. The van der Waals surface area contributed by atoms with Crippen molar-refractivity contribution in [1.29, 1.82) is 0 Å². The van der Waals surface area contributed by atoms with Gasteiger partial charge in [0.05, 0.1) is 12.0 Å². The van der Waals surface area contributed by atoms with Crippen LogP contribution in [0.4, 0.5) is 17.2 Å². The van der Waals surface area contributed by atoms with Crippen LogP contribution in [-0.2, 0) is 0 Å². The summed E-state index contributed by atoms with van der Waals surface area (Å²) < 4.78 is 5.51. The number of rotatable bonds is 4. The minimum Gasteiger partial charge on any atom is -0.497 e. The molecule has 0 fully saturated rings. The second-order valence-electron chi connectivity index (χ2n) is 3.49. The number of nitro groups is 1. The Hall–Kier alpha value is -1.97. The number of hydrogen-bond donors (Lipinski definition) is 1. The molecule has 0 bridgehead atoms. The van der Waals surface area contributed by atoms with E-state index in [0.717, 1.165) is 0 Å². The predicted molar refractivity (Wildman–Crippen MR) is 77.7 cm³/mol. The first-order chi connectivity index (χ1) is 9.10. The maximum Gasteiger partial charge on any atom is 0.329 e. The molecule has 0 atom stereocenters. The first-order valence-electron chi connectivity index (χ1n) is 5.18. The average molecular weight is 372 g/mol. The van der Waals surface area contributed by atoms with Crippen LogP contribution in [0.25, 0.3) is 0 Å². The van der Waals surface area contributed by atoms with Gasteiger partial charge in [0.2, 0.25) is 5.82 Å². The molecular formula is C11H9IN4O3. The molecule has 1 N–H and O–H groups in total. The maximum absolute atomic E-state index is 10.9. The number of anilines is 2. The molecule has 0 unspecified atom stereocenters. The van der Waals surface area contributed by atoms with Gasteiger partial charge in [-0.1, -0.05) is 6.07 Å². The molecule has 7 nitrogen and oxygen atoms in total. The van der Waals surface area contributed by atoms with Crippen LogP contribution in [0.1, 0.15) is 0 Å². The Kier molecular flexibility index (Phi) is 4.10. The van der Waals surface area contributed by atoms with E-state index < -0.39 is 4.92 Å². The molecule has 1 aromatic carbocycles. The van der Waals surface area contributed by atoms with Crippen molar-refractivity contribution in [3.05, 3.63) is 44.4 Å². The predicted octanol–water partition coefficient (Wildman–Crippen LogP) is 2.74. The topological polar surface area (TPSA) is 90.2 Å². The largest absolute Gasteiger partial charge is 0.497 e. The molecule has 19 heavy (non-hydrogen) atoms. The lowest BCUT2D eigenvalue weighted by molar-refractivity contribution is -0.384. The summed E-state index contributed by atoms with van der Waals surface area (Å²) in [6.45, 7) is 0. The van der Waals surface area contributed by atoms with Crippen LogP contribution in [0, 0.1) is 13.9 Å². The number of nitrogens with one attached hydrogen (secondary N) is 1. The molecule has 0 saturated carbocycles. The van der Waals surface area contributed by atoms with Gasteiger partial charge in [-0.2, -0.15) is 4.98 Å². The molecule has 8 heteroatoms. The number of halogens is 1. The van der Waals surface area contributed by atoms with Crippen molar-refractivity contribution in [3.63, 3.8) is 0 Å². The fourth-order valence-electron chi connectivity index (χ4n) is 1.42. The Bertz CT molecular complexity index is 621. The van der Waals surface area contributed by atoms with Crippen molar-refractivity contribution in [1.82, 2.24) is 9.97 Å². The molecule has 0 aliphatic heterocycles. The number of methoxy groups -OCH3 is 1. The molecule has 2 aromatic rings. The van der Waals surface area contributed by atoms with Crippen molar-refractivity contribution in [2.75, 3.05) is 12.4 Å². The molecule has 1 aromatic heterocycles. The van der Waals surface area contributed by atoms with Crippen molar-refractivity contribution in [3.8, 4) is 5.75 Å². The number of ether oxygens (including phenoxy) is 1. The Balaban J connectivity index is 2.36. The van der Waals surface area contributed by atoms with E-state index in [4.69, 9.17) is 4.74 Å². The standard InChI is InChI=1S/C11H9IN4O3/c1-19-8-4-2-3-7(5-8)14-10-9(16(17)18)6-13-11(12)15-10/h2-6H,1H3,(H,13,14,15). The van der Waals surface area contributed by atoms with E-state index in [1.165, 1.54) is 6.20 Å². The summed E-state index contributed by atoms with van der Waals surface area (Å²) in [4.78, 5) is 18.2. The van der Waals surface area contributed by atoms with Gasteiger partial charge in [-0.3, -0.25) is 10.1 Å². The lowest BCUT2D eigenvalue weighted by Crippen LogP contribution is -2.02. The van der Waals surface area contributed by atoms with Crippen LogP contribution in [0.5, 0.6) is 5.75 Å². The Morgan fingerprint density at radius 3 is 2.95 bits per heavy atom. The SMILES string of the molecule is COc1cccc(Nc2nc(I)ncc2[N+](=O)[O-])c1. The zero-order valence-corrected chi connectivity index (χ0v) is 12.0. The van der Waals surface area contributed by atoms with E-state index in [2.05, 4.69) is 15.3 Å². The molecule has 0 saturated heterocycles. The van der Waals surface area contributed by atoms with Crippen molar-refractivity contribution in [2.45, 2.75) is 0 Å². The van der Waals surface area contributed by atoms with Crippen molar-refractivity contribution >= 4 is 39.8 Å². The fraction of sp³-hybridized carbons (Fsp3) is 0.0909. The molecule has 0 radical (unpaired) electrons. The minimum atomic E-state index is -0.529. The molecule has 98 valence electrons. The molecule has 0 spiro atoms. The minimum absolute atomic E-state index is 0.151. The van der Waals surface area contributed by atoms with Gasteiger partial charge in [-0.15, -0.1) is 0 Å². The highest BCUT2D eigenvalue weighted by atomic mass is 127. The third-order valence-corrected chi connectivity index (χ3v) is 2.79. The second-order valence-corrected chi connectivity index (χ2v) is 4.45. The maximum atomic E-state index is 10.9. The van der Waals surface area contributed by atoms with Gasteiger partial charge in [0.1, 0.15) is 11.9 Å². The number of benzene rings is 1. The van der Waals surface area contributed by atoms with Crippen LogP contribution in [0.3, 0.4) is 0 Å². The summed E-state index contributed by atoms with van der Waals surface area (Å²) in [5, 5.41) is 13.8. The van der Waals surface area contributed by atoms with Crippen LogP contribution >= 0.6 is 22.6 Å². The zero-order chi connectivity index (χ0) is 13.8. The van der Waals surface area contributed by atoms with Crippen LogP contribution in [0.2, 0.25) is 0 Å². The summed E-state index contributed by atoms with van der Waals surface area (Å²) in [6, 6.07) is 7.04. The van der Waals surface area contributed by atoms with Gasteiger partial charge in [0, 0.05) is 34.3 Å². The van der Waals surface area contributed by atoms with Crippen LogP contribution in [0.15, 0.2) is 30.5 Å². The first kappa shape index (κ1) is 13.5. The lowest BCUT2D eigenvalue weighted by atomic mass is 10.3. The van der Waals surface area contributed by atoms with E-state index in [0.29, 0.717) is 15.3 Å². The Morgan fingerprint density at radius 2 is 2.26 bits per heavy atom. The molecule has 0 aliphatic carbocycles. The lowest BCUT2D eigenvalue weighted by Gasteiger charge is -2.07. The molecule has 0 amide bonds. The Morgan fingerprint density at radius 1 is 1.47 bits per heavy atom. The normalized spacial score (nSPS) is 10.0. The van der Waals surface area contributed by atoms with Gasteiger partial charge in [0.25, 0.3) is 0 Å². The summed E-state index contributed by atoms with van der Waals surface area (Å²) in [6.07, 6.45) is 1.18. The highest BCUT2D eigenvalue weighted by Crippen LogP contribution is 2.26. The van der Waals surface area contributed by atoms with Crippen molar-refractivity contribution < 1.29 is 9.66 Å². The Labute approximate surface area is 122 Å². The van der Waals surface area contributed by atoms with Crippen molar-refractivity contribution in [2.24, 2.45) is 0 Å². The van der Waals surface area contributed by atoms with Gasteiger partial charge >= 0.3 is 5.69 Å². The van der Waals surface area contributed by atoms with E-state index >= 15 is 0 Å². The zero-order valence-electron chi connectivity index (χ0n) is 9.83. The summed E-state index contributed by atoms with van der Waals surface area (Å²) in [5.41, 5.74) is 0.472. The summed E-state index contributed by atoms with van der Waals surface area (Å²) in [7, 11) is 1.55. The molecule has 2 rings (SSSR count). The average Bonchev–Trinajstić information content (AvgIpc) is 2.38. The van der Waals surface area contributed by atoms with Gasteiger partial charge in [0.15, 0.2) is 3.83 Å². The summed E-state index contributed by atoms with van der Waals surface area (Å²) in [5.74, 6) is 0.800. The van der Waals surface area contributed by atoms with E-state index in [1.807, 2.05) is 22.6 Å². The number of hydrogen-bond acceptors (Lipinski definition) is 6. The van der Waals surface area contributed by atoms with E-state index in [9.17, 15) is 10.1 Å². The highest BCUT2D eigenvalue weighted by molar-refractivity contribution is 14.1. The highest BCUT2D eigenvalue weighted by Gasteiger charge is 2.16. The van der Waals surface area contributed by atoms with E-state index in [1.54, 1.807) is 31.4 Å². The number of aromatic nitrogens is 2. The monoisotopic (exact) mass is 372 g/mol. The molecule has 0 aliphatic rings. The third kappa shape index (κ3) is 3.28. The van der Waals surface area contributed by atoms with Gasteiger partial charge < -0.3 is 10.1 Å². The van der Waals surface area contributed by atoms with E-state index in [-0.39, 0.29) is 11.5 Å². The van der Waals surface area contributed by atoms with Gasteiger partial charge in [-0.05, 0) is 12.1 Å². The fourth-order valence-corrected chi connectivity index (χ4v) is 1.80. The molecule has 1 heterocycles. The smallest absolute Gasteiger partial charge is 0.329 e. The second kappa shape index (κ2) is 5.78. The van der Waals surface area contributed by atoms with Gasteiger partial charge in [-0.25, -0.2) is 4.98 Å². The third-order valence-electron chi connectivity index (χ3n) is 2.27. The van der Waals surface area contributed by atoms with Crippen LogP contribution < -0.4 is 10.1 Å². The summed E-state index contributed by atoms with van der Waals surface area (Å²) >= 11 is 1.89.